The van der Waals surface area contributed by atoms with Gasteiger partial charge in [0.2, 0.25) is 0 Å². The molecule has 2 heterocycles. The van der Waals surface area contributed by atoms with Crippen LogP contribution < -0.4 is 5.56 Å². The smallest absolute Gasteiger partial charge is 0.265 e. The molecule has 0 aliphatic carbocycles. The van der Waals surface area contributed by atoms with Crippen LogP contribution in [0.2, 0.25) is 0 Å². The lowest BCUT2D eigenvalue weighted by Crippen LogP contribution is -2.28. The van der Waals surface area contributed by atoms with Gasteiger partial charge in [-0.1, -0.05) is 6.92 Å². The van der Waals surface area contributed by atoms with E-state index in [1.807, 2.05) is 13.8 Å². The summed E-state index contributed by atoms with van der Waals surface area (Å²) < 4.78 is 6.20. The molecule has 0 amide bonds. The Morgan fingerprint density at radius 1 is 1.62 bits per heavy atom. The second kappa shape index (κ2) is 4.30. The van der Waals surface area contributed by atoms with Crippen molar-refractivity contribution in [2.75, 3.05) is 6.61 Å². The second-order valence-corrected chi connectivity index (χ2v) is 5.00. The Morgan fingerprint density at radius 3 is 2.94 bits per heavy atom. The number of ether oxygens (including phenoxy) is 1. The SMILES string of the molecule is CCc1nc(C2(C)CCCO2)[nH]c(=O)c1Br. The molecule has 2 rings (SSSR count). The van der Waals surface area contributed by atoms with Gasteiger partial charge < -0.3 is 9.72 Å². The summed E-state index contributed by atoms with van der Waals surface area (Å²) in [5, 5.41) is 0. The first-order valence-electron chi connectivity index (χ1n) is 5.50. The third kappa shape index (κ3) is 1.94. The van der Waals surface area contributed by atoms with Crippen LogP contribution >= 0.6 is 15.9 Å². The zero-order valence-corrected chi connectivity index (χ0v) is 11.1. The predicted molar refractivity (Wildman–Crippen MR) is 64.5 cm³/mol. The Hall–Kier alpha value is -0.680. The summed E-state index contributed by atoms with van der Waals surface area (Å²) in [6, 6.07) is 0. The van der Waals surface area contributed by atoms with Crippen LogP contribution in [-0.4, -0.2) is 16.6 Å². The van der Waals surface area contributed by atoms with Gasteiger partial charge in [-0.15, -0.1) is 0 Å². The molecule has 0 spiro atoms. The monoisotopic (exact) mass is 286 g/mol. The molecule has 4 nitrogen and oxygen atoms in total. The highest BCUT2D eigenvalue weighted by Gasteiger charge is 2.34. The number of H-pyrrole nitrogens is 1. The van der Waals surface area contributed by atoms with E-state index < -0.39 is 5.60 Å². The maximum atomic E-state index is 11.7. The Balaban J connectivity index is 2.50. The van der Waals surface area contributed by atoms with Crippen LogP contribution in [0.3, 0.4) is 0 Å². The minimum absolute atomic E-state index is 0.126. The average Bonchev–Trinajstić information content (AvgIpc) is 2.70. The molecule has 1 aromatic heterocycles. The number of aromatic amines is 1. The van der Waals surface area contributed by atoms with Crippen molar-refractivity contribution in [3.8, 4) is 0 Å². The third-order valence-electron chi connectivity index (χ3n) is 2.99. The molecule has 88 valence electrons. The van der Waals surface area contributed by atoms with Crippen molar-refractivity contribution in [3.63, 3.8) is 0 Å². The lowest BCUT2D eigenvalue weighted by atomic mass is 10.0. The van der Waals surface area contributed by atoms with Gasteiger partial charge in [0.05, 0.1) is 5.69 Å². The normalized spacial score (nSPS) is 24.9. The minimum atomic E-state index is -0.427. The summed E-state index contributed by atoms with van der Waals surface area (Å²) in [5.74, 6) is 0.648. The number of aryl methyl sites for hydroxylation is 1. The van der Waals surface area contributed by atoms with Crippen LogP contribution in [0.25, 0.3) is 0 Å². The third-order valence-corrected chi connectivity index (χ3v) is 3.80. The Kier molecular flexibility index (Phi) is 3.17. The fourth-order valence-electron chi connectivity index (χ4n) is 1.96. The number of aromatic nitrogens is 2. The molecule has 0 saturated carbocycles. The van der Waals surface area contributed by atoms with Crippen LogP contribution in [0.1, 0.15) is 38.2 Å². The largest absolute Gasteiger partial charge is 0.367 e. The molecule has 1 saturated heterocycles. The molecule has 16 heavy (non-hydrogen) atoms. The Bertz CT molecular complexity index is 450. The molecule has 0 aromatic carbocycles. The number of rotatable bonds is 2. The van der Waals surface area contributed by atoms with Gasteiger partial charge in [-0.05, 0) is 42.1 Å². The van der Waals surface area contributed by atoms with Crippen molar-refractivity contribution in [2.24, 2.45) is 0 Å². The van der Waals surface area contributed by atoms with Crippen molar-refractivity contribution in [1.82, 2.24) is 9.97 Å². The van der Waals surface area contributed by atoms with Crippen LogP contribution in [0, 0.1) is 0 Å². The summed E-state index contributed by atoms with van der Waals surface area (Å²) in [6.45, 7) is 4.69. The van der Waals surface area contributed by atoms with Crippen molar-refractivity contribution in [2.45, 2.75) is 38.7 Å². The highest BCUT2D eigenvalue weighted by atomic mass is 79.9. The van der Waals surface area contributed by atoms with E-state index in [0.29, 0.717) is 10.3 Å². The molecule has 1 N–H and O–H groups in total. The lowest BCUT2D eigenvalue weighted by Gasteiger charge is -2.22. The van der Waals surface area contributed by atoms with Gasteiger partial charge in [0.1, 0.15) is 15.9 Å². The van der Waals surface area contributed by atoms with Gasteiger partial charge in [-0.25, -0.2) is 4.98 Å². The summed E-state index contributed by atoms with van der Waals surface area (Å²) in [6.07, 6.45) is 2.64. The zero-order valence-electron chi connectivity index (χ0n) is 9.47. The zero-order chi connectivity index (χ0) is 11.8. The van der Waals surface area contributed by atoms with Gasteiger partial charge >= 0.3 is 0 Å². The van der Waals surface area contributed by atoms with Crippen LogP contribution in [0.15, 0.2) is 9.27 Å². The van der Waals surface area contributed by atoms with Crippen LogP contribution in [0.5, 0.6) is 0 Å². The first-order chi connectivity index (χ1) is 7.57. The average molecular weight is 287 g/mol. The number of hydrogen-bond donors (Lipinski definition) is 1. The highest BCUT2D eigenvalue weighted by molar-refractivity contribution is 9.10. The molecule has 1 aliphatic rings. The van der Waals surface area contributed by atoms with Crippen LogP contribution in [-0.2, 0) is 16.8 Å². The summed E-state index contributed by atoms with van der Waals surface area (Å²) in [7, 11) is 0. The Morgan fingerprint density at radius 2 is 2.38 bits per heavy atom. The molecule has 1 aliphatic heterocycles. The fourth-order valence-corrected chi connectivity index (χ4v) is 2.42. The fraction of sp³-hybridized carbons (Fsp3) is 0.636. The van der Waals surface area contributed by atoms with Crippen molar-refractivity contribution in [3.05, 3.63) is 26.3 Å². The molecule has 0 bridgehead atoms. The maximum Gasteiger partial charge on any atom is 0.265 e. The first-order valence-corrected chi connectivity index (χ1v) is 6.29. The van der Waals surface area contributed by atoms with E-state index in [1.54, 1.807) is 0 Å². The van der Waals surface area contributed by atoms with E-state index in [-0.39, 0.29) is 5.56 Å². The molecule has 5 heteroatoms. The van der Waals surface area contributed by atoms with Crippen LogP contribution in [0.4, 0.5) is 0 Å². The number of halogens is 1. The van der Waals surface area contributed by atoms with Crippen molar-refractivity contribution in [1.29, 1.82) is 0 Å². The van der Waals surface area contributed by atoms with Gasteiger partial charge in [0.15, 0.2) is 0 Å². The molecule has 1 unspecified atom stereocenters. The van der Waals surface area contributed by atoms with E-state index in [1.165, 1.54) is 0 Å². The van der Waals surface area contributed by atoms with E-state index in [0.717, 1.165) is 31.6 Å². The summed E-state index contributed by atoms with van der Waals surface area (Å²) in [5.41, 5.74) is 0.234. The lowest BCUT2D eigenvalue weighted by molar-refractivity contribution is 0.00892. The summed E-state index contributed by atoms with van der Waals surface area (Å²) >= 11 is 3.25. The standard InChI is InChI=1S/C11H15BrN2O2/c1-3-7-8(12)9(15)14-10(13-7)11(2)5-4-6-16-11/h3-6H2,1-2H3,(H,13,14,15). The maximum absolute atomic E-state index is 11.7. The predicted octanol–water partition coefficient (Wildman–Crippen LogP) is 2.12. The van der Waals surface area contributed by atoms with E-state index >= 15 is 0 Å². The molecule has 0 radical (unpaired) electrons. The van der Waals surface area contributed by atoms with Crippen molar-refractivity contribution < 1.29 is 4.74 Å². The van der Waals surface area contributed by atoms with E-state index in [9.17, 15) is 4.79 Å². The van der Waals surface area contributed by atoms with Gasteiger partial charge in [-0.3, -0.25) is 4.79 Å². The minimum Gasteiger partial charge on any atom is -0.367 e. The molecular weight excluding hydrogens is 272 g/mol. The van der Waals surface area contributed by atoms with Gasteiger partial charge in [0.25, 0.3) is 5.56 Å². The summed E-state index contributed by atoms with van der Waals surface area (Å²) in [4.78, 5) is 19.0. The number of hydrogen-bond acceptors (Lipinski definition) is 3. The van der Waals surface area contributed by atoms with Crippen molar-refractivity contribution >= 4 is 15.9 Å². The number of nitrogens with zero attached hydrogens (tertiary/aromatic N) is 1. The topological polar surface area (TPSA) is 55.0 Å². The Labute approximate surface area is 103 Å². The molecule has 1 fully saturated rings. The first kappa shape index (κ1) is 11.8. The quantitative estimate of drug-likeness (QED) is 0.906. The van der Waals surface area contributed by atoms with Gasteiger partial charge in [-0.2, -0.15) is 0 Å². The van der Waals surface area contributed by atoms with E-state index in [4.69, 9.17) is 4.74 Å². The molecule has 1 atom stereocenters. The number of nitrogens with one attached hydrogen (secondary N) is 1. The molecule has 1 aromatic rings. The van der Waals surface area contributed by atoms with Gasteiger partial charge in [0, 0.05) is 6.61 Å². The van der Waals surface area contributed by atoms with E-state index in [2.05, 4.69) is 25.9 Å². The second-order valence-electron chi connectivity index (χ2n) is 4.21. The highest BCUT2D eigenvalue weighted by Crippen LogP contribution is 2.33. The molecular formula is C11H15BrN2O2.